The van der Waals surface area contributed by atoms with Crippen molar-refractivity contribution in [2.45, 2.75) is 24.3 Å². The van der Waals surface area contributed by atoms with Crippen molar-refractivity contribution in [1.29, 1.82) is 0 Å². The molecule has 0 saturated carbocycles. The third-order valence-electron chi connectivity index (χ3n) is 3.66. The van der Waals surface area contributed by atoms with Crippen LogP contribution < -0.4 is 5.73 Å². The standard InChI is InChI=1S/C12H17N3O4S/c1-9-6-7-14(8-12(9)13)20(18,19)11-4-2-10(3-5-11)15(16)17/h2-5,9,12H,6-8,13H2,1H3. The molecule has 1 aromatic carbocycles. The maximum atomic E-state index is 12.4. The van der Waals surface area contributed by atoms with E-state index >= 15 is 0 Å². The summed E-state index contributed by atoms with van der Waals surface area (Å²) in [7, 11) is -3.63. The number of nitro benzene ring substituents is 1. The lowest BCUT2D eigenvalue weighted by molar-refractivity contribution is -0.384. The molecule has 7 nitrogen and oxygen atoms in total. The minimum Gasteiger partial charge on any atom is -0.326 e. The molecule has 0 bridgehead atoms. The number of rotatable bonds is 3. The first-order valence-electron chi connectivity index (χ1n) is 6.32. The summed E-state index contributed by atoms with van der Waals surface area (Å²) in [5, 5.41) is 10.6. The lowest BCUT2D eigenvalue weighted by Gasteiger charge is -2.34. The average molecular weight is 299 g/mol. The van der Waals surface area contributed by atoms with Crippen molar-refractivity contribution in [2.75, 3.05) is 13.1 Å². The molecule has 2 atom stereocenters. The molecule has 2 N–H and O–H groups in total. The molecule has 1 aliphatic rings. The second-order valence-corrected chi connectivity index (χ2v) is 6.98. The Morgan fingerprint density at radius 2 is 1.95 bits per heavy atom. The van der Waals surface area contributed by atoms with E-state index in [9.17, 15) is 18.5 Å². The molecule has 1 aliphatic heterocycles. The molecule has 2 rings (SSSR count). The number of sulfonamides is 1. The Labute approximate surface area is 117 Å². The number of nitrogens with two attached hydrogens (primary N) is 1. The van der Waals surface area contributed by atoms with E-state index in [2.05, 4.69) is 0 Å². The minimum atomic E-state index is -3.63. The van der Waals surface area contributed by atoms with Crippen molar-refractivity contribution in [3.05, 3.63) is 34.4 Å². The molecule has 8 heteroatoms. The molecular formula is C12H17N3O4S. The largest absolute Gasteiger partial charge is 0.326 e. The SMILES string of the molecule is CC1CCN(S(=O)(=O)c2ccc([N+](=O)[O-])cc2)CC1N. The Kier molecular flexibility index (Phi) is 4.07. The normalized spacial score (nSPS) is 24.5. The van der Waals surface area contributed by atoms with Gasteiger partial charge in [-0.2, -0.15) is 4.31 Å². The smallest absolute Gasteiger partial charge is 0.269 e. The zero-order chi connectivity index (χ0) is 14.9. The zero-order valence-electron chi connectivity index (χ0n) is 11.1. The van der Waals surface area contributed by atoms with Gasteiger partial charge in [-0.3, -0.25) is 10.1 Å². The molecule has 0 amide bonds. The van der Waals surface area contributed by atoms with Crippen LogP contribution in [0.5, 0.6) is 0 Å². The maximum Gasteiger partial charge on any atom is 0.269 e. The summed E-state index contributed by atoms with van der Waals surface area (Å²) in [5.74, 6) is 0.290. The fraction of sp³-hybridized carbons (Fsp3) is 0.500. The van der Waals surface area contributed by atoms with Gasteiger partial charge in [0.1, 0.15) is 0 Å². The first-order chi connectivity index (χ1) is 9.32. The topological polar surface area (TPSA) is 107 Å². The summed E-state index contributed by atoms with van der Waals surface area (Å²) in [4.78, 5) is 10.1. The van der Waals surface area contributed by atoms with Gasteiger partial charge in [0.2, 0.25) is 10.0 Å². The van der Waals surface area contributed by atoms with Crippen LogP contribution in [-0.4, -0.2) is 36.8 Å². The molecule has 1 aromatic rings. The first kappa shape index (κ1) is 14.9. The Morgan fingerprint density at radius 1 is 1.35 bits per heavy atom. The Balaban J connectivity index is 2.24. The van der Waals surface area contributed by atoms with Crippen molar-refractivity contribution >= 4 is 15.7 Å². The fourth-order valence-electron chi connectivity index (χ4n) is 2.18. The van der Waals surface area contributed by atoms with Crippen LogP contribution in [-0.2, 0) is 10.0 Å². The van der Waals surface area contributed by atoms with E-state index < -0.39 is 14.9 Å². The van der Waals surface area contributed by atoms with Gasteiger partial charge < -0.3 is 5.73 Å². The van der Waals surface area contributed by atoms with Crippen LogP contribution in [0.25, 0.3) is 0 Å². The lowest BCUT2D eigenvalue weighted by Crippen LogP contribution is -2.49. The van der Waals surface area contributed by atoms with E-state index in [-0.39, 0.29) is 23.2 Å². The fourth-order valence-corrected chi connectivity index (χ4v) is 3.67. The van der Waals surface area contributed by atoms with Crippen LogP contribution in [0.4, 0.5) is 5.69 Å². The zero-order valence-corrected chi connectivity index (χ0v) is 11.9. The van der Waals surface area contributed by atoms with E-state index in [0.29, 0.717) is 18.9 Å². The molecule has 20 heavy (non-hydrogen) atoms. The molecule has 1 fully saturated rings. The van der Waals surface area contributed by atoms with Crippen LogP contribution in [0.2, 0.25) is 0 Å². The van der Waals surface area contributed by atoms with Crippen molar-refractivity contribution in [3.8, 4) is 0 Å². The summed E-state index contributed by atoms with van der Waals surface area (Å²) < 4.78 is 26.2. The molecule has 0 aliphatic carbocycles. The first-order valence-corrected chi connectivity index (χ1v) is 7.76. The summed E-state index contributed by atoms with van der Waals surface area (Å²) in [6.07, 6.45) is 0.716. The maximum absolute atomic E-state index is 12.4. The number of benzene rings is 1. The molecule has 0 radical (unpaired) electrons. The number of nitrogens with zero attached hydrogens (tertiary/aromatic N) is 2. The predicted molar refractivity (Wildman–Crippen MR) is 73.6 cm³/mol. The second-order valence-electron chi connectivity index (χ2n) is 5.04. The Morgan fingerprint density at radius 3 is 2.45 bits per heavy atom. The van der Waals surface area contributed by atoms with Crippen LogP contribution >= 0.6 is 0 Å². The monoisotopic (exact) mass is 299 g/mol. The van der Waals surface area contributed by atoms with E-state index in [1.54, 1.807) is 0 Å². The average Bonchev–Trinajstić information content (AvgIpc) is 2.41. The molecule has 0 aromatic heterocycles. The van der Waals surface area contributed by atoms with E-state index in [1.807, 2.05) is 6.92 Å². The number of non-ortho nitro benzene ring substituents is 1. The van der Waals surface area contributed by atoms with Crippen LogP contribution in [0.1, 0.15) is 13.3 Å². The number of hydrogen-bond donors (Lipinski definition) is 1. The Bertz CT molecular complexity index is 600. The van der Waals surface area contributed by atoms with E-state index in [4.69, 9.17) is 5.73 Å². The summed E-state index contributed by atoms with van der Waals surface area (Å²) in [6.45, 7) is 2.70. The van der Waals surface area contributed by atoms with Gasteiger partial charge in [-0.1, -0.05) is 6.92 Å². The van der Waals surface area contributed by atoms with Gasteiger partial charge in [-0.25, -0.2) is 8.42 Å². The molecule has 0 spiro atoms. The van der Waals surface area contributed by atoms with Gasteiger partial charge in [0.05, 0.1) is 9.82 Å². The van der Waals surface area contributed by atoms with Crippen molar-refractivity contribution in [2.24, 2.45) is 11.7 Å². The second kappa shape index (κ2) is 5.47. The molecule has 2 unspecified atom stereocenters. The quantitative estimate of drug-likeness (QED) is 0.660. The highest BCUT2D eigenvalue weighted by atomic mass is 32.2. The van der Waals surface area contributed by atoms with Gasteiger partial charge in [0.15, 0.2) is 0 Å². The van der Waals surface area contributed by atoms with Crippen molar-refractivity contribution in [1.82, 2.24) is 4.31 Å². The van der Waals surface area contributed by atoms with Gasteiger partial charge >= 0.3 is 0 Å². The van der Waals surface area contributed by atoms with Crippen LogP contribution in [0.3, 0.4) is 0 Å². The molecule has 110 valence electrons. The predicted octanol–water partition coefficient (Wildman–Crippen LogP) is 0.953. The molecule has 1 heterocycles. The molecular weight excluding hydrogens is 282 g/mol. The summed E-state index contributed by atoms with van der Waals surface area (Å²) in [6, 6.07) is 4.73. The molecule has 1 saturated heterocycles. The number of nitro groups is 1. The summed E-state index contributed by atoms with van der Waals surface area (Å²) >= 11 is 0. The Hall–Kier alpha value is -1.51. The third-order valence-corrected chi connectivity index (χ3v) is 5.54. The summed E-state index contributed by atoms with van der Waals surface area (Å²) in [5.41, 5.74) is 5.78. The van der Waals surface area contributed by atoms with E-state index in [0.717, 1.165) is 0 Å². The van der Waals surface area contributed by atoms with Crippen molar-refractivity contribution < 1.29 is 13.3 Å². The van der Waals surface area contributed by atoms with E-state index in [1.165, 1.54) is 28.6 Å². The van der Waals surface area contributed by atoms with Gasteiger partial charge in [0.25, 0.3) is 5.69 Å². The highest BCUT2D eigenvalue weighted by molar-refractivity contribution is 7.89. The minimum absolute atomic E-state index is 0.0600. The number of hydrogen-bond acceptors (Lipinski definition) is 5. The van der Waals surface area contributed by atoms with Crippen LogP contribution in [0, 0.1) is 16.0 Å². The third kappa shape index (κ3) is 2.82. The van der Waals surface area contributed by atoms with Gasteiger partial charge in [-0.05, 0) is 24.5 Å². The number of piperidine rings is 1. The lowest BCUT2D eigenvalue weighted by atomic mass is 9.96. The van der Waals surface area contributed by atoms with Gasteiger partial charge in [-0.15, -0.1) is 0 Å². The van der Waals surface area contributed by atoms with Crippen LogP contribution in [0.15, 0.2) is 29.2 Å². The highest BCUT2D eigenvalue weighted by Gasteiger charge is 2.32. The van der Waals surface area contributed by atoms with Crippen molar-refractivity contribution in [3.63, 3.8) is 0 Å². The highest BCUT2D eigenvalue weighted by Crippen LogP contribution is 2.24. The van der Waals surface area contributed by atoms with Gasteiger partial charge in [0, 0.05) is 31.3 Å².